The van der Waals surface area contributed by atoms with Crippen LogP contribution >= 0.6 is 0 Å². The third kappa shape index (κ3) is 4.36. The molecule has 3 saturated heterocycles. The van der Waals surface area contributed by atoms with Crippen molar-refractivity contribution in [3.8, 4) is 0 Å². The van der Waals surface area contributed by atoms with Crippen LogP contribution in [0.3, 0.4) is 0 Å². The maximum absolute atomic E-state index is 10.8. The number of aliphatic imine (C=N–C) groups is 1. The van der Waals surface area contributed by atoms with Crippen molar-refractivity contribution in [3.05, 3.63) is 23.4 Å². The lowest BCUT2D eigenvalue weighted by atomic mass is 9.77. The summed E-state index contributed by atoms with van der Waals surface area (Å²) in [6.45, 7) is 14.9. The normalized spacial score (nSPS) is 33.9. The molecule has 4 heterocycles. The quantitative estimate of drug-likeness (QED) is 0.601. The number of rotatable bonds is 5. The van der Waals surface area contributed by atoms with Crippen LogP contribution in [0.15, 0.2) is 28.4 Å². The van der Waals surface area contributed by atoms with Gasteiger partial charge in [-0.25, -0.2) is 10.0 Å². The number of ether oxygens (including phenoxy) is 1. The molecule has 0 aromatic rings. The van der Waals surface area contributed by atoms with Crippen molar-refractivity contribution < 1.29 is 19.2 Å². The number of nitrogens with zero attached hydrogens (tertiary/aromatic N) is 4. The number of methoxy groups -OCH3 is 1. The molecule has 0 radical (unpaired) electrons. The molecule has 178 valence electrons. The summed E-state index contributed by atoms with van der Waals surface area (Å²) in [6.07, 6.45) is 2.95. The Hall–Kier alpha value is -1.43. The topological polar surface area (TPSA) is 82.0 Å². The lowest BCUT2D eigenvalue weighted by molar-refractivity contribution is 0.00578. The minimum absolute atomic E-state index is 0.227. The van der Waals surface area contributed by atoms with Crippen molar-refractivity contribution in [1.82, 2.24) is 20.2 Å². The monoisotopic (exact) mass is 447 g/mol. The standard InChI is InChI=1S/C22H38BN5O4/c1-15-18-14-27(10-11-30-7)8-9-28(18)25-19(15)24-17-12-16(13-26(6)20(17)29)23-31-21(2,3)22(4,5)32-23/h12-13,15,18,20,29H,8-11,14H2,1-7H3,(H,24,25). The van der Waals surface area contributed by atoms with E-state index in [0.29, 0.717) is 11.7 Å². The Kier molecular flexibility index (Phi) is 6.48. The summed E-state index contributed by atoms with van der Waals surface area (Å²) >= 11 is 0. The molecule has 2 N–H and O–H groups in total. The van der Waals surface area contributed by atoms with Crippen LogP contribution in [0, 0.1) is 5.92 Å². The molecular weight excluding hydrogens is 409 g/mol. The predicted octanol–water partition coefficient (Wildman–Crippen LogP) is 0.835. The summed E-state index contributed by atoms with van der Waals surface area (Å²) in [4.78, 5) is 9.08. The lowest BCUT2D eigenvalue weighted by Gasteiger charge is -2.37. The van der Waals surface area contributed by atoms with Crippen molar-refractivity contribution in [1.29, 1.82) is 0 Å². The van der Waals surface area contributed by atoms with Gasteiger partial charge in [0.15, 0.2) is 6.23 Å². The molecule has 0 aliphatic carbocycles. The molecule has 10 heteroatoms. The van der Waals surface area contributed by atoms with E-state index in [1.54, 1.807) is 12.0 Å². The van der Waals surface area contributed by atoms with Gasteiger partial charge in [0.25, 0.3) is 0 Å². The van der Waals surface area contributed by atoms with Crippen LogP contribution in [-0.4, -0.2) is 103 Å². The van der Waals surface area contributed by atoms with Gasteiger partial charge >= 0.3 is 7.12 Å². The van der Waals surface area contributed by atoms with Crippen molar-refractivity contribution in [3.63, 3.8) is 0 Å². The second kappa shape index (κ2) is 8.74. The van der Waals surface area contributed by atoms with Crippen molar-refractivity contribution >= 4 is 13.0 Å². The molecule has 4 aliphatic rings. The molecule has 0 spiro atoms. The molecule has 0 bridgehead atoms. The summed E-state index contributed by atoms with van der Waals surface area (Å²) in [6, 6.07) is 0.344. The zero-order chi connectivity index (χ0) is 23.3. The number of hydrazine groups is 1. The Bertz CT molecular complexity index is 798. The summed E-state index contributed by atoms with van der Waals surface area (Å²) in [5.41, 5.74) is 4.08. The van der Waals surface area contributed by atoms with Crippen LogP contribution in [0.1, 0.15) is 34.6 Å². The number of fused-ring (bicyclic) bond motifs is 1. The molecule has 3 fully saturated rings. The number of allylic oxidation sites excluding steroid dienone is 2. The molecule has 0 amide bonds. The molecule has 4 rings (SSSR count). The fourth-order valence-corrected chi connectivity index (χ4v) is 4.55. The zero-order valence-electron chi connectivity index (χ0n) is 20.5. The SMILES string of the molecule is COCCN1CCN2NC(=NC3=CC(B4OC(C)(C)C(C)(C)O4)=CN(C)C3O)C(C)C2C1. The molecule has 0 saturated carbocycles. The summed E-state index contributed by atoms with van der Waals surface area (Å²) in [5.74, 6) is 1.11. The van der Waals surface area contributed by atoms with Crippen molar-refractivity contribution in [2.24, 2.45) is 10.9 Å². The largest absolute Gasteiger partial charge is 0.496 e. The highest BCUT2D eigenvalue weighted by Crippen LogP contribution is 2.39. The van der Waals surface area contributed by atoms with Gasteiger partial charge in [-0.1, -0.05) is 6.92 Å². The third-order valence-corrected chi connectivity index (χ3v) is 7.47. The number of hydrogen-bond acceptors (Lipinski definition) is 8. The first kappa shape index (κ1) is 23.7. The Morgan fingerprint density at radius 1 is 1.25 bits per heavy atom. The number of nitrogens with one attached hydrogen (secondary N) is 1. The first-order valence-electron chi connectivity index (χ1n) is 11.5. The lowest BCUT2D eigenvalue weighted by Crippen LogP contribution is -2.54. The fourth-order valence-electron chi connectivity index (χ4n) is 4.55. The van der Waals surface area contributed by atoms with E-state index >= 15 is 0 Å². The Morgan fingerprint density at radius 2 is 1.94 bits per heavy atom. The summed E-state index contributed by atoms with van der Waals surface area (Å²) in [5, 5.41) is 13.1. The number of aliphatic hydroxyl groups is 1. The van der Waals surface area contributed by atoms with E-state index in [-0.39, 0.29) is 5.92 Å². The highest BCUT2D eigenvalue weighted by molar-refractivity contribution is 6.55. The third-order valence-electron chi connectivity index (χ3n) is 7.47. The molecular formula is C22H38BN5O4. The minimum atomic E-state index is -0.821. The number of amidine groups is 1. The van der Waals surface area contributed by atoms with E-state index in [0.717, 1.165) is 44.1 Å². The van der Waals surface area contributed by atoms with Crippen LogP contribution in [0.25, 0.3) is 0 Å². The van der Waals surface area contributed by atoms with Gasteiger partial charge in [0.1, 0.15) is 5.84 Å². The second-order valence-electron chi connectivity index (χ2n) is 10.3. The van der Waals surface area contributed by atoms with Gasteiger partial charge in [-0.05, 0) is 33.8 Å². The van der Waals surface area contributed by atoms with Gasteiger partial charge in [0.2, 0.25) is 0 Å². The van der Waals surface area contributed by atoms with Crippen LogP contribution in [0.4, 0.5) is 0 Å². The smallest absolute Gasteiger partial charge is 0.399 e. The number of likely N-dealkylation sites (N-methyl/N-ethyl adjacent to an activating group) is 1. The molecule has 0 aromatic carbocycles. The molecule has 3 unspecified atom stereocenters. The number of hydrogen-bond donors (Lipinski definition) is 2. The highest BCUT2D eigenvalue weighted by Gasteiger charge is 2.52. The van der Waals surface area contributed by atoms with Gasteiger partial charge in [-0.2, -0.15) is 0 Å². The van der Waals surface area contributed by atoms with Gasteiger partial charge in [0.05, 0.1) is 29.5 Å². The molecule has 3 atom stereocenters. The highest BCUT2D eigenvalue weighted by atomic mass is 16.7. The second-order valence-corrected chi connectivity index (χ2v) is 10.3. The molecule has 0 aromatic heterocycles. The molecule has 9 nitrogen and oxygen atoms in total. The van der Waals surface area contributed by atoms with E-state index in [9.17, 15) is 5.11 Å². The van der Waals surface area contributed by atoms with Crippen LogP contribution < -0.4 is 5.43 Å². The minimum Gasteiger partial charge on any atom is -0.399 e. The maximum Gasteiger partial charge on any atom is 0.496 e. The first-order chi connectivity index (χ1) is 15.0. The summed E-state index contributed by atoms with van der Waals surface area (Å²) < 4.78 is 17.7. The van der Waals surface area contributed by atoms with Gasteiger partial charge in [-0.3, -0.25) is 4.90 Å². The Labute approximate surface area is 192 Å². The zero-order valence-corrected chi connectivity index (χ0v) is 20.5. The van der Waals surface area contributed by atoms with Crippen LogP contribution in [0.2, 0.25) is 0 Å². The average molecular weight is 447 g/mol. The van der Waals surface area contributed by atoms with Crippen molar-refractivity contribution in [2.75, 3.05) is 46.9 Å². The van der Waals surface area contributed by atoms with Gasteiger partial charge in [0, 0.05) is 57.9 Å². The van der Waals surface area contributed by atoms with E-state index in [1.165, 1.54) is 0 Å². The van der Waals surface area contributed by atoms with Crippen molar-refractivity contribution in [2.45, 2.75) is 58.1 Å². The molecule has 4 aliphatic heterocycles. The summed E-state index contributed by atoms with van der Waals surface area (Å²) in [7, 11) is 3.08. The van der Waals surface area contributed by atoms with E-state index in [4.69, 9.17) is 19.0 Å². The maximum atomic E-state index is 10.8. The van der Waals surface area contributed by atoms with Gasteiger partial charge in [-0.15, -0.1) is 0 Å². The number of aliphatic hydroxyl groups excluding tert-OH is 1. The van der Waals surface area contributed by atoms with Crippen LogP contribution in [0.5, 0.6) is 0 Å². The predicted molar refractivity (Wildman–Crippen MR) is 125 cm³/mol. The average Bonchev–Trinajstić information content (AvgIpc) is 3.15. The first-order valence-corrected chi connectivity index (χ1v) is 11.5. The van der Waals surface area contributed by atoms with E-state index < -0.39 is 24.5 Å². The Balaban J connectivity index is 1.52. The van der Waals surface area contributed by atoms with E-state index in [1.807, 2.05) is 47.0 Å². The van der Waals surface area contributed by atoms with Crippen LogP contribution in [-0.2, 0) is 14.0 Å². The Morgan fingerprint density at radius 3 is 2.59 bits per heavy atom. The number of piperazine rings is 1. The fraction of sp³-hybridized carbons (Fsp3) is 0.773. The van der Waals surface area contributed by atoms with E-state index in [2.05, 4.69) is 22.3 Å². The molecule has 32 heavy (non-hydrogen) atoms. The van der Waals surface area contributed by atoms with Gasteiger partial charge < -0.3 is 29.5 Å².